The van der Waals surface area contributed by atoms with Crippen molar-refractivity contribution in [2.75, 3.05) is 10.0 Å². The van der Waals surface area contributed by atoms with Gasteiger partial charge in [0.25, 0.3) is 10.0 Å². The van der Waals surface area contributed by atoms with E-state index in [1.807, 2.05) is 24.3 Å². The van der Waals surface area contributed by atoms with Crippen LogP contribution in [0, 0.1) is 5.82 Å². The van der Waals surface area contributed by atoms with Crippen molar-refractivity contribution in [2.24, 2.45) is 0 Å². The Hall–Kier alpha value is -3.71. The van der Waals surface area contributed by atoms with E-state index in [1.54, 1.807) is 54.6 Å². The van der Waals surface area contributed by atoms with Gasteiger partial charge in [0.15, 0.2) is 0 Å². The number of hydrogen-bond acceptors (Lipinski definition) is 3. The Labute approximate surface area is 179 Å². The number of hydrogen-bond donors (Lipinski definition) is 2. The van der Waals surface area contributed by atoms with E-state index in [4.69, 9.17) is 0 Å². The second kappa shape index (κ2) is 8.57. The molecule has 0 saturated carbocycles. The lowest BCUT2D eigenvalue weighted by Gasteiger charge is -2.10. The first kappa shape index (κ1) is 20.6. The molecule has 5 nitrogen and oxygen atoms in total. The van der Waals surface area contributed by atoms with Gasteiger partial charge in [-0.2, -0.15) is 0 Å². The fourth-order valence-electron chi connectivity index (χ4n) is 3.18. The molecule has 0 spiro atoms. The summed E-state index contributed by atoms with van der Waals surface area (Å²) in [5, 5.41) is 4.31. The van der Waals surface area contributed by atoms with Crippen LogP contribution in [0.1, 0.15) is 5.56 Å². The second-order valence-corrected chi connectivity index (χ2v) is 8.70. The molecule has 0 aliphatic rings. The molecule has 7 heteroatoms. The van der Waals surface area contributed by atoms with Crippen LogP contribution in [0.25, 0.3) is 10.8 Å². The van der Waals surface area contributed by atoms with E-state index < -0.39 is 15.8 Å². The van der Waals surface area contributed by atoms with Crippen LogP contribution in [0.15, 0.2) is 95.9 Å². The number of halogens is 1. The van der Waals surface area contributed by atoms with Crippen LogP contribution >= 0.6 is 0 Å². The summed E-state index contributed by atoms with van der Waals surface area (Å²) in [6.07, 6.45) is 0.0338. The third-order valence-electron chi connectivity index (χ3n) is 4.75. The topological polar surface area (TPSA) is 75.3 Å². The van der Waals surface area contributed by atoms with Gasteiger partial charge in [-0.25, -0.2) is 12.8 Å². The lowest BCUT2D eigenvalue weighted by atomic mass is 10.1. The van der Waals surface area contributed by atoms with Crippen molar-refractivity contribution in [3.8, 4) is 0 Å². The molecule has 0 saturated heterocycles. The molecule has 4 rings (SSSR count). The van der Waals surface area contributed by atoms with Crippen molar-refractivity contribution in [1.29, 1.82) is 0 Å². The number of sulfonamides is 1. The van der Waals surface area contributed by atoms with Gasteiger partial charge in [-0.05, 0) is 52.7 Å². The van der Waals surface area contributed by atoms with E-state index in [9.17, 15) is 17.6 Å². The minimum Gasteiger partial charge on any atom is -0.323 e. The SMILES string of the molecule is O=C(Cc1ccc(NS(=O)(=O)c2ccc3ccccc3c2)cc1)Nc1ccccc1F. The molecular formula is C24H19FN2O3S. The van der Waals surface area contributed by atoms with Crippen molar-refractivity contribution in [1.82, 2.24) is 0 Å². The lowest BCUT2D eigenvalue weighted by Crippen LogP contribution is -2.15. The summed E-state index contributed by atoms with van der Waals surface area (Å²) < 4.78 is 41.7. The van der Waals surface area contributed by atoms with Crippen molar-refractivity contribution in [3.05, 3.63) is 102 Å². The van der Waals surface area contributed by atoms with Crippen LogP contribution in [0.3, 0.4) is 0 Å². The summed E-state index contributed by atoms with van der Waals surface area (Å²) in [5.74, 6) is -0.871. The average molecular weight is 434 g/mol. The monoisotopic (exact) mass is 434 g/mol. The molecule has 4 aromatic carbocycles. The van der Waals surface area contributed by atoms with Gasteiger partial charge >= 0.3 is 0 Å². The van der Waals surface area contributed by atoms with Crippen molar-refractivity contribution in [3.63, 3.8) is 0 Å². The van der Waals surface area contributed by atoms with Crippen molar-refractivity contribution >= 4 is 38.1 Å². The largest absolute Gasteiger partial charge is 0.323 e. The molecule has 0 fully saturated rings. The fourth-order valence-corrected chi connectivity index (χ4v) is 4.28. The summed E-state index contributed by atoms with van der Waals surface area (Å²) in [6.45, 7) is 0. The molecular weight excluding hydrogens is 415 g/mol. The maximum Gasteiger partial charge on any atom is 0.261 e. The summed E-state index contributed by atoms with van der Waals surface area (Å²) in [7, 11) is -3.76. The molecule has 0 aliphatic carbocycles. The molecule has 31 heavy (non-hydrogen) atoms. The quantitative estimate of drug-likeness (QED) is 0.450. The van der Waals surface area contributed by atoms with Crippen molar-refractivity contribution < 1.29 is 17.6 Å². The van der Waals surface area contributed by atoms with E-state index >= 15 is 0 Å². The molecule has 0 atom stereocenters. The normalized spacial score (nSPS) is 11.3. The molecule has 0 bridgehead atoms. The van der Waals surface area contributed by atoms with E-state index in [1.165, 1.54) is 12.1 Å². The molecule has 156 valence electrons. The molecule has 0 aliphatic heterocycles. The number of rotatable bonds is 6. The van der Waals surface area contributed by atoms with Gasteiger partial charge < -0.3 is 5.32 Å². The first-order valence-corrected chi connectivity index (χ1v) is 11.0. The highest BCUT2D eigenvalue weighted by Crippen LogP contribution is 2.22. The van der Waals surface area contributed by atoms with E-state index in [-0.39, 0.29) is 22.9 Å². The number of carbonyl (C=O) groups is 1. The zero-order chi connectivity index (χ0) is 21.8. The standard InChI is InChI=1S/C24H19FN2O3S/c25-22-7-3-4-8-23(22)26-24(28)15-17-9-12-20(13-10-17)27-31(29,30)21-14-11-18-5-1-2-6-19(18)16-21/h1-14,16,27H,15H2,(H,26,28). The van der Waals surface area contributed by atoms with E-state index in [0.717, 1.165) is 10.8 Å². The number of carbonyl (C=O) groups excluding carboxylic acids is 1. The van der Waals surface area contributed by atoms with Gasteiger partial charge in [0.1, 0.15) is 5.82 Å². The third-order valence-corrected chi connectivity index (χ3v) is 6.13. The highest BCUT2D eigenvalue weighted by molar-refractivity contribution is 7.92. The Morgan fingerprint density at radius 2 is 1.48 bits per heavy atom. The van der Waals surface area contributed by atoms with Gasteiger partial charge in [-0.1, -0.05) is 54.6 Å². The maximum absolute atomic E-state index is 13.6. The summed E-state index contributed by atoms with van der Waals surface area (Å²) in [4.78, 5) is 12.3. The molecule has 0 heterocycles. The highest BCUT2D eigenvalue weighted by Gasteiger charge is 2.15. The number of fused-ring (bicyclic) bond motifs is 1. The number of para-hydroxylation sites is 1. The van der Waals surface area contributed by atoms with Gasteiger partial charge in [-0.15, -0.1) is 0 Å². The Morgan fingerprint density at radius 1 is 0.806 bits per heavy atom. The molecule has 0 radical (unpaired) electrons. The average Bonchev–Trinajstić information content (AvgIpc) is 2.76. The number of nitrogens with one attached hydrogen (secondary N) is 2. The van der Waals surface area contributed by atoms with Gasteiger partial charge in [0, 0.05) is 5.69 Å². The summed E-state index contributed by atoms with van der Waals surface area (Å²) in [5.41, 5.74) is 1.17. The number of benzene rings is 4. The van der Waals surface area contributed by atoms with Crippen LogP contribution in [0.2, 0.25) is 0 Å². The lowest BCUT2D eigenvalue weighted by molar-refractivity contribution is -0.115. The molecule has 2 N–H and O–H groups in total. The molecule has 0 unspecified atom stereocenters. The smallest absolute Gasteiger partial charge is 0.261 e. The fraction of sp³-hybridized carbons (Fsp3) is 0.0417. The van der Waals surface area contributed by atoms with Crippen LogP contribution in [-0.2, 0) is 21.2 Å². The van der Waals surface area contributed by atoms with Crippen LogP contribution < -0.4 is 10.0 Å². The molecule has 0 aromatic heterocycles. The Bertz CT molecular complexity index is 1350. The minimum absolute atomic E-state index is 0.0338. The number of amides is 1. The minimum atomic E-state index is -3.76. The Kier molecular flexibility index (Phi) is 5.68. The van der Waals surface area contributed by atoms with Gasteiger partial charge in [0.2, 0.25) is 5.91 Å². The van der Waals surface area contributed by atoms with Crippen molar-refractivity contribution in [2.45, 2.75) is 11.3 Å². The zero-order valence-corrected chi connectivity index (χ0v) is 17.2. The zero-order valence-electron chi connectivity index (χ0n) is 16.4. The van der Waals surface area contributed by atoms with Crippen LogP contribution in [0.5, 0.6) is 0 Å². The first-order chi connectivity index (χ1) is 14.9. The summed E-state index contributed by atoms with van der Waals surface area (Å²) in [6, 6.07) is 24.9. The predicted octanol–water partition coefficient (Wildman–Crippen LogP) is 4.96. The Balaban J connectivity index is 1.43. The maximum atomic E-state index is 13.6. The number of anilines is 2. The second-order valence-electron chi connectivity index (χ2n) is 7.02. The van der Waals surface area contributed by atoms with Gasteiger partial charge in [-0.3, -0.25) is 9.52 Å². The first-order valence-electron chi connectivity index (χ1n) is 9.56. The predicted molar refractivity (Wildman–Crippen MR) is 120 cm³/mol. The third kappa shape index (κ3) is 4.90. The molecule has 4 aromatic rings. The highest BCUT2D eigenvalue weighted by atomic mass is 32.2. The van der Waals surface area contributed by atoms with Crippen LogP contribution in [0.4, 0.5) is 15.8 Å². The summed E-state index contributed by atoms with van der Waals surface area (Å²) >= 11 is 0. The van der Waals surface area contributed by atoms with Crippen LogP contribution in [-0.4, -0.2) is 14.3 Å². The van der Waals surface area contributed by atoms with Gasteiger partial charge in [0.05, 0.1) is 17.0 Å². The van der Waals surface area contributed by atoms with E-state index in [0.29, 0.717) is 11.3 Å². The Morgan fingerprint density at radius 3 is 2.23 bits per heavy atom. The molecule has 1 amide bonds. The van der Waals surface area contributed by atoms with E-state index in [2.05, 4.69) is 10.0 Å².